The highest BCUT2D eigenvalue weighted by molar-refractivity contribution is 4.96. The normalized spacial score (nSPS) is 20.4. The Morgan fingerprint density at radius 1 is 1.53 bits per heavy atom. The molecule has 0 spiro atoms. The third kappa shape index (κ3) is 3.35. The van der Waals surface area contributed by atoms with Crippen molar-refractivity contribution in [3.05, 3.63) is 18.2 Å². The quantitative estimate of drug-likeness (QED) is 0.845. The number of rotatable bonds is 6. The molecule has 1 N–H and O–H groups in total. The molecule has 19 heavy (non-hydrogen) atoms. The predicted molar refractivity (Wildman–Crippen MR) is 71.9 cm³/mol. The van der Waals surface area contributed by atoms with E-state index in [1.165, 1.54) is 0 Å². The van der Waals surface area contributed by atoms with Crippen molar-refractivity contribution in [1.29, 1.82) is 0 Å². The monoisotopic (exact) mass is 268 g/mol. The van der Waals surface area contributed by atoms with Crippen LogP contribution in [0.25, 0.3) is 0 Å². The first-order chi connectivity index (χ1) is 9.18. The lowest BCUT2D eigenvalue weighted by Crippen LogP contribution is -2.49. The van der Waals surface area contributed by atoms with E-state index < -0.39 is 11.7 Å². The van der Waals surface area contributed by atoms with Gasteiger partial charge in [-0.1, -0.05) is 0 Å². The van der Waals surface area contributed by atoms with Crippen molar-refractivity contribution in [2.24, 2.45) is 7.05 Å². The van der Waals surface area contributed by atoms with Crippen LogP contribution in [0.15, 0.2) is 12.4 Å². The van der Waals surface area contributed by atoms with Gasteiger partial charge in [0.25, 0.3) is 0 Å². The molecule has 0 radical (unpaired) electrons. The largest absolute Gasteiger partial charge is 0.390 e. The van der Waals surface area contributed by atoms with Crippen LogP contribution in [-0.2, 0) is 22.9 Å². The summed E-state index contributed by atoms with van der Waals surface area (Å²) in [6.07, 6.45) is 6.22. The standard InChI is InChI=1S/C14H24N2O3/c1-3-19-14(6-10-18-11-7-14)12(17)4-5-13-15-8-9-16(13)2/h8-9,12,17H,3-7,10-11H2,1-2H3. The van der Waals surface area contributed by atoms with Crippen LogP contribution in [0.3, 0.4) is 0 Å². The summed E-state index contributed by atoms with van der Waals surface area (Å²) in [7, 11) is 1.97. The minimum absolute atomic E-state index is 0.432. The van der Waals surface area contributed by atoms with E-state index in [9.17, 15) is 5.11 Å². The average molecular weight is 268 g/mol. The minimum atomic E-state index is -0.465. The molecule has 1 aromatic rings. The second-order valence-corrected chi connectivity index (χ2v) is 5.12. The molecule has 0 amide bonds. The number of imidazole rings is 1. The highest BCUT2D eigenvalue weighted by Crippen LogP contribution is 2.31. The number of aliphatic hydroxyl groups is 1. The SMILES string of the molecule is CCOC1(C(O)CCc2nccn2C)CCOCC1. The number of hydrogen-bond donors (Lipinski definition) is 1. The summed E-state index contributed by atoms with van der Waals surface area (Å²) < 4.78 is 13.2. The maximum absolute atomic E-state index is 10.5. The molecular weight excluding hydrogens is 244 g/mol. The van der Waals surface area contributed by atoms with Gasteiger partial charge in [0.15, 0.2) is 0 Å². The molecule has 1 aromatic heterocycles. The Balaban J connectivity index is 1.95. The number of nitrogens with zero attached hydrogens (tertiary/aromatic N) is 2. The molecule has 1 atom stereocenters. The van der Waals surface area contributed by atoms with Gasteiger partial charge in [-0.2, -0.15) is 0 Å². The molecule has 1 aliphatic rings. The zero-order valence-corrected chi connectivity index (χ0v) is 11.8. The summed E-state index contributed by atoms with van der Waals surface area (Å²) >= 11 is 0. The molecule has 1 fully saturated rings. The van der Waals surface area contributed by atoms with Crippen LogP contribution in [0, 0.1) is 0 Å². The molecule has 1 saturated heterocycles. The van der Waals surface area contributed by atoms with Gasteiger partial charge in [0.05, 0.1) is 11.7 Å². The summed E-state index contributed by atoms with van der Waals surface area (Å²) in [5.41, 5.74) is -0.432. The van der Waals surface area contributed by atoms with Crippen molar-refractivity contribution >= 4 is 0 Å². The fraction of sp³-hybridized carbons (Fsp3) is 0.786. The zero-order valence-electron chi connectivity index (χ0n) is 11.8. The molecule has 1 aliphatic heterocycles. The maximum atomic E-state index is 10.5. The summed E-state index contributed by atoms with van der Waals surface area (Å²) in [5, 5.41) is 10.5. The molecule has 108 valence electrons. The smallest absolute Gasteiger partial charge is 0.108 e. The summed E-state index contributed by atoms with van der Waals surface area (Å²) in [6.45, 7) is 3.93. The second kappa shape index (κ2) is 6.50. The van der Waals surface area contributed by atoms with E-state index in [0.29, 0.717) is 26.2 Å². The average Bonchev–Trinajstić information content (AvgIpc) is 2.83. The number of aliphatic hydroxyl groups excluding tert-OH is 1. The lowest BCUT2D eigenvalue weighted by Gasteiger charge is -2.40. The highest BCUT2D eigenvalue weighted by Gasteiger charge is 2.40. The molecule has 0 aromatic carbocycles. The Kier molecular flexibility index (Phi) is 4.96. The van der Waals surface area contributed by atoms with E-state index in [-0.39, 0.29) is 0 Å². The topological polar surface area (TPSA) is 56.5 Å². The molecule has 1 unspecified atom stereocenters. The van der Waals surface area contributed by atoms with Crippen LogP contribution in [0.1, 0.15) is 32.0 Å². The van der Waals surface area contributed by atoms with Gasteiger partial charge >= 0.3 is 0 Å². The van der Waals surface area contributed by atoms with E-state index in [1.54, 1.807) is 6.20 Å². The van der Waals surface area contributed by atoms with Crippen LogP contribution in [0.5, 0.6) is 0 Å². The maximum Gasteiger partial charge on any atom is 0.108 e. The summed E-state index contributed by atoms with van der Waals surface area (Å²) in [6, 6.07) is 0. The fourth-order valence-electron chi connectivity index (χ4n) is 2.74. The van der Waals surface area contributed by atoms with Crippen LogP contribution in [0.2, 0.25) is 0 Å². The van der Waals surface area contributed by atoms with Crippen molar-refractivity contribution in [1.82, 2.24) is 9.55 Å². The third-order valence-electron chi connectivity index (χ3n) is 3.94. The van der Waals surface area contributed by atoms with Crippen LogP contribution in [0.4, 0.5) is 0 Å². The zero-order chi connectivity index (χ0) is 13.7. The summed E-state index contributed by atoms with van der Waals surface area (Å²) in [5.74, 6) is 0.998. The molecule has 2 heterocycles. The van der Waals surface area contributed by atoms with Crippen molar-refractivity contribution < 1.29 is 14.6 Å². The molecular formula is C14H24N2O3. The van der Waals surface area contributed by atoms with Crippen molar-refractivity contribution in [3.8, 4) is 0 Å². The molecule has 0 aliphatic carbocycles. The molecule has 5 heteroatoms. The lowest BCUT2D eigenvalue weighted by atomic mass is 9.85. The van der Waals surface area contributed by atoms with E-state index in [4.69, 9.17) is 9.47 Å². The molecule has 5 nitrogen and oxygen atoms in total. The first-order valence-electron chi connectivity index (χ1n) is 7.04. The van der Waals surface area contributed by atoms with Gasteiger partial charge < -0.3 is 19.1 Å². The highest BCUT2D eigenvalue weighted by atomic mass is 16.5. The Morgan fingerprint density at radius 2 is 2.26 bits per heavy atom. The summed E-state index contributed by atoms with van der Waals surface area (Å²) in [4.78, 5) is 4.29. The van der Waals surface area contributed by atoms with E-state index in [1.807, 2.05) is 24.7 Å². The Bertz CT molecular complexity index is 380. The number of aromatic nitrogens is 2. The van der Waals surface area contributed by atoms with Gasteiger partial charge in [0, 0.05) is 58.5 Å². The van der Waals surface area contributed by atoms with Gasteiger partial charge in [-0.3, -0.25) is 0 Å². The minimum Gasteiger partial charge on any atom is -0.390 e. The van der Waals surface area contributed by atoms with Gasteiger partial charge in [-0.05, 0) is 13.3 Å². The van der Waals surface area contributed by atoms with Crippen molar-refractivity contribution in [2.45, 2.75) is 44.3 Å². The van der Waals surface area contributed by atoms with Crippen molar-refractivity contribution in [2.75, 3.05) is 19.8 Å². The first kappa shape index (κ1) is 14.5. The number of aryl methyl sites for hydroxylation is 2. The van der Waals surface area contributed by atoms with Crippen molar-refractivity contribution in [3.63, 3.8) is 0 Å². The van der Waals surface area contributed by atoms with E-state index in [0.717, 1.165) is 25.1 Å². The Morgan fingerprint density at radius 3 is 2.84 bits per heavy atom. The lowest BCUT2D eigenvalue weighted by molar-refractivity contribution is -0.167. The van der Waals surface area contributed by atoms with Gasteiger partial charge in [0.2, 0.25) is 0 Å². The molecule has 0 saturated carbocycles. The first-order valence-corrected chi connectivity index (χ1v) is 7.04. The Hall–Kier alpha value is -0.910. The molecule has 2 rings (SSSR count). The predicted octanol–water partition coefficient (Wildman–Crippen LogP) is 1.30. The Labute approximate surface area is 114 Å². The van der Waals surface area contributed by atoms with E-state index in [2.05, 4.69) is 4.98 Å². The van der Waals surface area contributed by atoms with Gasteiger partial charge in [0.1, 0.15) is 5.82 Å². The van der Waals surface area contributed by atoms with Crippen LogP contribution < -0.4 is 0 Å². The number of ether oxygens (including phenoxy) is 2. The number of hydrogen-bond acceptors (Lipinski definition) is 4. The van der Waals surface area contributed by atoms with Crippen LogP contribution in [-0.4, -0.2) is 46.2 Å². The van der Waals surface area contributed by atoms with Gasteiger partial charge in [-0.25, -0.2) is 4.98 Å². The van der Waals surface area contributed by atoms with Gasteiger partial charge in [-0.15, -0.1) is 0 Å². The third-order valence-corrected chi connectivity index (χ3v) is 3.94. The van der Waals surface area contributed by atoms with E-state index >= 15 is 0 Å². The second-order valence-electron chi connectivity index (χ2n) is 5.12. The fourth-order valence-corrected chi connectivity index (χ4v) is 2.74. The van der Waals surface area contributed by atoms with Crippen LogP contribution >= 0.6 is 0 Å². The molecule has 0 bridgehead atoms.